The fraction of sp³-hybridized carbons (Fsp3) is 0.500. The van der Waals surface area contributed by atoms with E-state index in [-0.39, 0.29) is 11.6 Å². The van der Waals surface area contributed by atoms with Gasteiger partial charge in [0.05, 0.1) is 5.02 Å². The second-order valence-corrected chi connectivity index (χ2v) is 5.24. The number of pyridine rings is 1. The largest absolute Gasteiger partial charge is 0.336 e. The van der Waals surface area contributed by atoms with E-state index in [4.69, 9.17) is 17.4 Å². The highest BCUT2D eigenvalue weighted by Gasteiger charge is 2.29. The van der Waals surface area contributed by atoms with Gasteiger partial charge in [-0.1, -0.05) is 11.6 Å². The van der Waals surface area contributed by atoms with Crippen LogP contribution in [0.2, 0.25) is 5.02 Å². The average Bonchev–Trinajstić information content (AvgIpc) is 2.88. The number of hydrogen-bond donors (Lipinski definition) is 2. The summed E-state index contributed by atoms with van der Waals surface area (Å²) in [6.07, 6.45) is 0.963. The summed E-state index contributed by atoms with van der Waals surface area (Å²) in [4.78, 5) is 20.4. The van der Waals surface area contributed by atoms with E-state index in [1.54, 1.807) is 17.0 Å². The van der Waals surface area contributed by atoms with Crippen molar-refractivity contribution in [1.29, 1.82) is 0 Å². The first-order valence-electron chi connectivity index (χ1n) is 6.11. The summed E-state index contributed by atoms with van der Waals surface area (Å²) >= 11 is 6.04. The molecule has 1 aliphatic heterocycles. The monoisotopic (exact) mass is 283 g/mol. The Morgan fingerprint density at radius 2 is 2.32 bits per heavy atom. The Kier molecular flexibility index (Phi) is 4.24. The first kappa shape index (κ1) is 14.0. The van der Waals surface area contributed by atoms with Crippen LogP contribution in [0.25, 0.3) is 0 Å². The number of rotatable bonds is 3. The zero-order valence-electron chi connectivity index (χ0n) is 11.1. The predicted molar refractivity (Wildman–Crippen MR) is 75.1 cm³/mol. The molecule has 0 aliphatic carbocycles. The van der Waals surface area contributed by atoms with Crippen molar-refractivity contribution in [3.8, 4) is 0 Å². The molecule has 0 bridgehead atoms. The van der Waals surface area contributed by atoms with Crippen LogP contribution in [0.1, 0.15) is 16.9 Å². The molecule has 1 aromatic heterocycles. The van der Waals surface area contributed by atoms with E-state index >= 15 is 0 Å². The molecule has 2 rings (SSSR count). The van der Waals surface area contributed by atoms with Crippen LogP contribution in [-0.2, 0) is 0 Å². The summed E-state index contributed by atoms with van der Waals surface area (Å²) in [5.41, 5.74) is 2.67. The molecule has 2 heterocycles. The van der Waals surface area contributed by atoms with Crippen LogP contribution in [0.5, 0.6) is 0 Å². The van der Waals surface area contributed by atoms with Gasteiger partial charge >= 0.3 is 0 Å². The van der Waals surface area contributed by atoms with Crippen molar-refractivity contribution in [2.45, 2.75) is 12.5 Å². The van der Waals surface area contributed by atoms with Crippen LogP contribution < -0.4 is 11.3 Å². The third-order valence-electron chi connectivity index (χ3n) is 3.38. The Labute approximate surface area is 117 Å². The molecule has 1 atom stereocenters. The highest BCUT2D eigenvalue weighted by molar-refractivity contribution is 6.33. The number of nitrogens with two attached hydrogens (primary N) is 1. The molecule has 0 saturated carbocycles. The van der Waals surface area contributed by atoms with E-state index in [9.17, 15) is 4.79 Å². The Balaban J connectivity index is 2.16. The summed E-state index contributed by atoms with van der Waals surface area (Å²) in [5, 5.41) is 0.345. The van der Waals surface area contributed by atoms with Crippen molar-refractivity contribution in [3.63, 3.8) is 0 Å². The van der Waals surface area contributed by atoms with Gasteiger partial charge in [-0.05, 0) is 32.6 Å². The molecule has 1 fully saturated rings. The number of nitrogens with one attached hydrogen (secondary N) is 1. The molecule has 1 saturated heterocycles. The third kappa shape index (κ3) is 2.97. The van der Waals surface area contributed by atoms with Gasteiger partial charge in [0, 0.05) is 19.1 Å². The number of halogens is 1. The Hall–Kier alpha value is -1.37. The molecule has 1 unspecified atom stereocenters. The van der Waals surface area contributed by atoms with Gasteiger partial charge < -0.3 is 15.2 Å². The van der Waals surface area contributed by atoms with Crippen molar-refractivity contribution in [1.82, 2.24) is 14.8 Å². The van der Waals surface area contributed by atoms with E-state index in [2.05, 4.69) is 15.3 Å². The number of nitrogen functional groups attached to an aromatic ring is 1. The van der Waals surface area contributed by atoms with E-state index < -0.39 is 0 Å². The van der Waals surface area contributed by atoms with Gasteiger partial charge in [-0.3, -0.25) is 4.79 Å². The minimum atomic E-state index is -0.147. The second-order valence-electron chi connectivity index (χ2n) is 4.83. The van der Waals surface area contributed by atoms with Crippen LogP contribution >= 0.6 is 11.6 Å². The van der Waals surface area contributed by atoms with Gasteiger partial charge in [0.2, 0.25) is 0 Å². The Morgan fingerprint density at radius 1 is 1.58 bits per heavy atom. The minimum Gasteiger partial charge on any atom is -0.336 e. The summed E-state index contributed by atoms with van der Waals surface area (Å²) in [5.74, 6) is 5.58. The molecule has 0 spiro atoms. The molecule has 104 valence electrons. The lowest BCUT2D eigenvalue weighted by Gasteiger charge is -2.20. The fourth-order valence-corrected chi connectivity index (χ4v) is 2.36. The average molecular weight is 284 g/mol. The first-order valence-corrected chi connectivity index (χ1v) is 6.49. The molecule has 1 amide bonds. The van der Waals surface area contributed by atoms with Crippen molar-refractivity contribution in [2.75, 3.05) is 32.6 Å². The number of hydrogen-bond acceptors (Lipinski definition) is 5. The van der Waals surface area contributed by atoms with E-state index in [1.165, 1.54) is 0 Å². The van der Waals surface area contributed by atoms with Crippen molar-refractivity contribution >= 4 is 23.3 Å². The number of hydrazine groups is 1. The van der Waals surface area contributed by atoms with Crippen LogP contribution in [0.4, 0.5) is 5.82 Å². The van der Waals surface area contributed by atoms with Crippen molar-refractivity contribution in [2.24, 2.45) is 5.84 Å². The number of likely N-dealkylation sites (N-methyl/N-ethyl adjacent to an activating group) is 1. The Morgan fingerprint density at radius 3 is 2.89 bits per heavy atom. The maximum absolute atomic E-state index is 12.4. The quantitative estimate of drug-likeness (QED) is 0.634. The highest BCUT2D eigenvalue weighted by Crippen LogP contribution is 2.21. The molecule has 6 nitrogen and oxygen atoms in total. The molecule has 0 aromatic carbocycles. The molecule has 0 radical (unpaired) electrons. The van der Waals surface area contributed by atoms with Gasteiger partial charge in [-0.15, -0.1) is 0 Å². The van der Waals surface area contributed by atoms with Crippen molar-refractivity contribution < 1.29 is 4.79 Å². The maximum atomic E-state index is 12.4. The highest BCUT2D eigenvalue weighted by atomic mass is 35.5. The number of carbonyl (C=O) groups is 1. The second kappa shape index (κ2) is 5.73. The lowest BCUT2D eigenvalue weighted by Crippen LogP contribution is -2.35. The number of aromatic nitrogens is 1. The molecule has 7 heteroatoms. The molecular formula is C12H18ClN5O. The molecule has 3 N–H and O–H groups in total. The van der Waals surface area contributed by atoms with E-state index in [0.717, 1.165) is 13.0 Å². The number of anilines is 1. The van der Waals surface area contributed by atoms with Crippen LogP contribution in [-0.4, -0.2) is 53.9 Å². The smallest absolute Gasteiger partial charge is 0.274 e. The standard InChI is InChI=1S/C12H18ClN5O/c1-17(2)8-5-6-18(7-8)12(19)11-9(13)3-4-10(15-11)16-14/h3-4,8H,5-7,14H2,1-2H3,(H,15,16). The maximum Gasteiger partial charge on any atom is 0.274 e. The molecule has 19 heavy (non-hydrogen) atoms. The van der Waals surface area contributed by atoms with Crippen LogP contribution in [0.15, 0.2) is 12.1 Å². The third-order valence-corrected chi connectivity index (χ3v) is 3.68. The number of nitrogens with zero attached hydrogens (tertiary/aromatic N) is 3. The van der Waals surface area contributed by atoms with Crippen molar-refractivity contribution in [3.05, 3.63) is 22.8 Å². The Bertz CT molecular complexity index is 479. The van der Waals surface area contributed by atoms with Gasteiger partial charge in [-0.2, -0.15) is 0 Å². The zero-order valence-corrected chi connectivity index (χ0v) is 11.8. The SMILES string of the molecule is CN(C)C1CCN(C(=O)c2nc(NN)ccc2Cl)C1. The van der Waals surface area contributed by atoms with Gasteiger partial charge in [-0.25, -0.2) is 10.8 Å². The van der Waals surface area contributed by atoms with Crippen LogP contribution in [0, 0.1) is 0 Å². The van der Waals surface area contributed by atoms with E-state index in [0.29, 0.717) is 23.4 Å². The van der Waals surface area contributed by atoms with E-state index in [1.807, 2.05) is 14.1 Å². The molecule has 1 aliphatic rings. The summed E-state index contributed by atoms with van der Waals surface area (Å²) in [6, 6.07) is 3.64. The molecular weight excluding hydrogens is 266 g/mol. The predicted octanol–water partition coefficient (Wildman–Crippen LogP) is 0.797. The number of amides is 1. The van der Waals surface area contributed by atoms with Gasteiger partial charge in [0.25, 0.3) is 5.91 Å². The summed E-state index contributed by atoms with van der Waals surface area (Å²) in [7, 11) is 4.03. The minimum absolute atomic E-state index is 0.147. The number of carbonyl (C=O) groups excluding carboxylic acids is 1. The zero-order chi connectivity index (χ0) is 14.0. The summed E-state index contributed by atoms with van der Waals surface area (Å²) in [6.45, 7) is 1.42. The van der Waals surface area contributed by atoms with Crippen LogP contribution in [0.3, 0.4) is 0 Å². The normalized spacial score (nSPS) is 19.0. The van der Waals surface area contributed by atoms with Gasteiger partial charge in [0.15, 0.2) is 0 Å². The fourth-order valence-electron chi connectivity index (χ4n) is 2.17. The molecule has 1 aromatic rings. The topological polar surface area (TPSA) is 74.5 Å². The lowest BCUT2D eigenvalue weighted by molar-refractivity contribution is 0.0777. The number of likely N-dealkylation sites (tertiary alicyclic amines) is 1. The lowest BCUT2D eigenvalue weighted by atomic mass is 10.2. The summed E-state index contributed by atoms with van der Waals surface area (Å²) < 4.78 is 0. The first-order chi connectivity index (χ1) is 9.02. The van der Waals surface area contributed by atoms with Gasteiger partial charge in [0.1, 0.15) is 11.5 Å².